The third-order valence-corrected chi connectivity index (χ3v) is 7.18. The first-order chi connectivity index (χ1) is 13.3. The van der Waals surface area contributed by atoms with Crippen LogP contribution in [0.25, 0.3) is 0 Å². The van der Waals surface area contributed by atoms with Crippen LogP contribution in [0.5, 0.6) is 0 Å². The van der Waals surface area contributed by atoms with E-state index in [0.29, 0.717) is 17.7 Å². The molecule has 0 aromatic heterocycles. The topological polar surface area (TPSA) is 48.0 Å². The van der Waals surface area contributed by atoms with Crippen LogP contribution in [0.1, 0.15) is 51.4 Å². The van der Waals surface area contributed by atoms with Gasteiger partial charge in [-0.25, -0.2) is 0 Å². The number of allylic oxidation sites excluding steroid dienone is 2. The summed E-state index contributed by atoms with van der Waals surface area (Å²) in [5.41, 5.74) is -0.00720. The van der Waals surface area contributed by atoms with Crippen LogP contribution in [0.3, 0.4) is 0 Å². The van der Waals surface area contributed by atoms with E-state index in [0.717, 1.165) is 97.5 Å². The van der Waals surface area contributed by atoms with Crippen molar-refractivity contribution in [2.75, 3.05) is 46.1 Å². The lowest BCUT2D eigenvalue weighted by Gasteiger charge is -2.43. The zero-order valence-corrected chi connectivity index (χ0v) is 16.6. The summed E-state index contributed by atoms with van der Waals surface area (Å²) in [6.45, 7) is 6.07. The van der Waals surface area contributed by atoms with E-state index in [9.17, 15) is 4.79 Å². The second kappa shape index (κ2) is 9.06. The van der Waals surface area contributed by atoms with Crippen molar-refractivity contribution in [1.82, 2.24) is 4.90 Å². The summed E-state index contributed by atoms with van der Waals surface area (Å²) in [6.07, 6.45) is 12.6. The van der Waals surface area contributed by atoms with Gasteiger partial charge < -0.3 is 19.1 Å². The molecule has 27 heavy (non-hydrogen) atoms. The molecule has 0 aromatic rings. The van der Waals surface area contributed by atoms with Crippen LogP contribution in [0, 0.1) is 17.8 Å². The van der Waals surface area contributed by atoms with Gasteiger partial charge in [0.25, 0.3) is 0 Å². The molecule has 0 N–H and O–H groups in total. The molecule has 1 amide bonds. The highest BCUT2D eigenvalue weighted by atomic mass is 16.5. The van der Waals surface area contributed by atoms with E-state index in [2.05, 4.69) is 17.1 Å². The Morgan fingerprint density at radius 2 is 1.81 bits per heavy atom. The summed E-state index contributed by atoms with van der Waals surface area (Å²) < 4.78 is 17.7. The number of hydrogen-bond donors (Lipinski definition) is 0. The lowest BCUT2D eigenvalue weighted by Crippen LogP contribution is -2.50. The van der Waals surface area contributed by atoms with Crippen LogP contribution < -0.4 is 0 Å². The van der Waals surface area contributed by atoms with Gasteiger partial charge in [-0.2, -0.15) is 0 Å². The van der Waals surface area contributed by atoms with Gasteiger partial charge in [0.05, 0.1) is 5.60 Å². The minimum Gasteiger partial charge on any atom is -0.381 e. The molecule has 1 atom stereocenters. The maximum Gasteiger partial charge on any atom is 0.226 e. The van der Waals surface area contributed by atoms with Gasteiger partial charge in [-0.3, -0.25) is 4.79 Å². The Morgan fingerprint density at radius 1 is 1.07 bits per heavy atom. The number of amides is 1. The molecule has 3 fully saturated rings. The highest BCUT2D eigenvalue weighted by Gasteiger charge is 2.46. The molecule has 0 bridgehead atoms. The van der Waals surface area contributed by atoms with E-state index >= 15 is 0 Å². The first-order valence-electron chi connectivity index (χ1n) is 11.0. The van der Waals surface area contributed by atoms with Gasteiger partial charge >= 0.3 is 0 Å². The Morgan fingerprint density at radius 3 is 2.56 bits per heavy atom. The van der Waals surface area contributed by atoms with E-state index < -0.39 is 0 Å². The first-order valence-corrected chi connectivity index (χ1v) is 11.0. The first kappa shape index (κ1) is 19.4. The summed E-state index contributed by atoms with van der Waals surface area (Å²) in [4.78, 5) is 14.7. The second-order valence-corrected chi connectivity index (χ2v) is 8.78. The van der Waals surface area contributed by atoms with Crippen molar-refractivity contribution < 1.29 is 19.0 Å². The molecule has 152 valence electrons. The average Bonchev–Trinajstić information content (AvgIpc) is 3.37. The van der Waals surface area contributed by atoms with Gasteiger partial charge in [-0.15, -0.1) is 0 Å². The summed E-state index contributed by atoms with van der Waals surface area (Å²) >= 11 is 0. The predicted molar refractivity (Wildman–Crippen MR) is 103 cm³/mol. The molecule has 0 unspecified atom stereocenters. The van der Waals surface area contributed by atoms with Crippen molar-refractivity contribution in [3.05, 3.63) is 12.2 Å². The van der Waals surface area contributed by atoms with Gasteiger partial charge in [0.1, 0.15) is 0 Å². The number of ether oxygens (including phenoxy) is 3. The third kappa shape index (κ3) is 4.57. The molecule has 3 saturated heterocycles. The molecule has 4 rings (SSSR count). The molecule has 0 saturated carbocycles. The smallest absolute Gasteiger partial charge is 0.226 e. The molecule has 1 aliphatic carbocycles. The normalized spacial score (nSPS) is 29.0. The Bertz CT molecular complexity index is 512. The Kier molecular flexibility index (Phi) is 6.51. The van der Waals surface area contributed by atoms with Crippen LogP contribution in [0.15, 0.2) is 12.2 Å². The summed E-state index contributed by atoms with van der Waals surface area (Å²) in [5.74, 6) is 1.80. The third-order valence-electron chi connectivity index (χ3n) is 7.18. The monoisotopic (exact) mass is 377 g/mol. The lowest BCUT2D eigenvalue weighted by atomic mass is 9.78. The van der Waals surface area contributed by atoms with Crippen molar-refractivity contribution in [1.29, 1.82) is 0 Å². The van der Waals surface area contributed by atoms with Crippen LogP contribution in [0.2, 0.25) is 0 Å². The van der Waals surface area contributed by atoms with E-state index in [1.807, 2.05) is 0 Å². The summed E-state index contributed by atoms with van der Waals surface area (Å²) in [6, 6.07) is 0. The van der Waals surface area contributed by atoms with Crippen LogP contribution in [-0.4, -0.2) is 62.5 Å². The number of nitrogens with zero attached hydrogens (tertiary/aromatic N) is 1. The minimum atomic E-state index is -0.00720. The van der Waals surface area contributed by atoms with Crippen molar-refractivity contribution in [3.63, 3.8) is 0 Å². The van der Waals surface area contributed by atoms with Crippen LogP contribution in [0.4, 0.5) is 0 Å². The SMILES string of the molecule is O=C(C1CC=CC1)N1CCC2(CC1)OCC[C@@H]2CCOCC1CCOCC1. The van der Waals surface area contributed by atoms with Crippen molar-refractivity contribution in [3.8, 4) is 0 Å². The maximum atomic E-state index is 12.7. The van der Waals surface area contributed by atoms with E-state index in [-0.39, 0.29) is 11.5 Å². The molecule has 5 nitrogen and oxygen atoms in total. The number of rotatable bonds is 6. The lowest BCUT2D eigenvalue weighted by molar-refractivity contribution is -0.141. The zero-order chi connectivity index (χ0) is 18.5. The number of carbonyl (C=O) groups excluding carboxylic acids is 1. The Labute approximate surface area is 163 Å². The molecule has 4 aliphatic rings. The van der Waals surface area contributed by atoms with Gasteiger partial charge in [0.2, 0.25) is 5.91 Å². The molecular formula is C22H35NO4. The minimum absolute atomic E-state index is 0.00720. The largest absolute Gasteiger partial charge is 0.381 e. The fourth-order valence-corrected chi connectivity index (χ4v) is 5.32. The molecule has 0 aromatic carbocycles. The number of likely N-dealkylation sites (tertiary alicyclic amines) is 1. The highest BCUT2D eigenvalue weighted by molar-refractivity contribution is 5.79. The number of hydrogen-bond acceptors (Lipinski definition) is 4. The maximum absolute atomic E-state index is 12.7. The molecule has 1 spiro atoms. The van der Waals surface area contributed by atoms with Gasteiger partial charge in [0, 0.05) is 52.0 Å². The van der Waals surface area contributed by atoms with Crippen molar-refractivity contribution >= 4 is 5.91 Å². The molecule has 3 heterocycles. The molecular weight excluding hydrogens is 342 g/mol. The number of piperidine rings is 1. The zero-order valence-electron chi connectivity index (χ0n) is 16.6. The standard InChI is InChI=1S/C22H35NO4/c24-21(19-3-1-2-4-19)23-11-9-22(10-12-23)20(8-16-27-22)7-15-26-17-18-5-13-25-14-6-18/h1-2,18-20H,3-17H2/t20-/m0/s1. The Balaban J connectivity index is 1.20. The highest BCUT2D eigenvalue weighted by Crippen LogP contribution is 2.42. The summed E-state index contributed by atoms with van der Waals surface area (Å²) in [7, 11) is 0. The van der Waals surface area contributed by atoms with E-state index in [1.54, 1.807) is 0 Å². The molecule has 0 radical (unpaired) electrons. The van der Waals surface area contributed by atoms with Gasteiger partial charge in [0.15, 0.2) is 0 Å². The predicted octanol–water partition coefficient (Wildman–Crippen LogP) is 3.18. The van der Waals surface area contributed by atoms with E-state index in [4.69, 9.17) is 14.2 Å². The molecule has 3 aliphatic heterocycles. The van der Waals surface area contributed by atoms with Crippen molar-refractivity contribution in [2.45, 2.75) is 57.0 Å². The Hall–Kier alpha value is -0.910. The van der Waals surface area contributed by atoms with E-state index in [1.165, 1.54) is 0 Å². The average molecular weight is 378 g/mol. The van der Waals surface area contributed by atoms with Crippen molar-refractivity contribution in [2.24, 2.45) is 17.8 Å². The summed E-state index contributed by atoms with van der Waals surface area (Å²) in [5, 5.41) is 0. The number of carbonyl (C=O) groups is 1. The molecule has 5 heteroatoms. The fraction of sp³-hybridized carbons (Fsp3) is 0.864. The van der Waals surface area contributed by atoms with Gasteiger partial charge in [-0.1, -0.05) is 12.2 Å². The quantitative estimate of drug-likeness (QED) is 0.527. The second-order valence-electron chi connectivity index (χ2n) is 8.78. The fourth-order valence-electron chi connectivity index (χ4n) is 5.32. The van der Waals surface area contributed by atoms with Crippen LogP contribution in [-0.2, 0) is 19.0 Å². The van der Waals surface area contributed by atoms with Crippen LogP contribution >= 0.6 is 0 Å². The van der Waals surface area contributed by atoms with Gasteiger partial charge in [-0.05, 0) is 63.2 Å².